The van der Waals surface area contributed by atoms with Crippen LogP contribution in [0.2, 0.25) is 0 Å². The summed E-state index contributed by atoms with van der Waals surface area (Å²) in [6, 6.07) is 6.54. The van der Waals surface area contributed by atoms with E-state index in [2.05, 4.69) is 5.32 Å². The quantitative estimate of drug-likeness (QED) is 0.875. The van der Waals surface area contributed by atoms with Crippen LogP contribution in [0.25, 0.3) is 0 Å². The molecule has 19 heavy (non-hydrogen) atoms. The second kappa shape index (κ2) is 7.46. The molecule has 3 nitrogen and oxygen atoms in total. The van der Waals surface area contributed by atoms with Gasteiger partial charge in [-0.3, -0.25) is 4.79 Å². The van der Waals surface area contributed by atoms with Crippen molar-refractivity contribution in [3.63, 3.8) is 0 Å². The summed E-state index contributed by atoms with van der Waals surface area (Å²) in [5.41, 5.74) is 5.69. The van der Waals surface area contributed by atoms with E-state index in [4.69, 9.17) is 5.73 Å². The molecule has 0 saturated heterocycles. The number of carbonyl (C=O) groups excluding carboxylic acids is 1. The maximum Gasteiger partial charge on any atom is 0.221 e. The molecule has 0 bridgehead atoms. The molecule has 0 heterocycles. The predicted octanol–water partition coefficient (Wildman–Crippen LogP) is 2.59. The molecule has 1 atom stereocenters. The van der Waals surface area contributed by atoms with Crippen LogP contribution in [0.1, 0.15) is 38.7 Å². The van der Waals surface area contributed by atoms with Gasteiger partial charge < -0.3 is 11.1 Å². The fraction of sp³-hybridized carbons (Fsp3) is 0.500. The van der Waals surface area contributed by atoms with Crippen LogP contribution in [0.5, 0.6) is 0 Å². The number of nitrogens with two attached hydrogens (primary N) is 1. The second-order valence-electron chi connectivity index (χ2n) is 5.26. The fourth-order valence-electron chi connectivity index (χ4n) is 1.74. The van der Waals surface area contributed by atoms with Gasteiger partial charge in [-0.1, -0.05) is 25.1 Å². The van der Waals surface area contributed by atoms with E-state index in [1.807, 2.05) is 20.8 Å². The first-order valence-electron chi connectivity index (χ1n) is 6.11. The van der Waals surface area contributed by atoms with Gasteiger partial charge in [-0.2, -0.15) is 0 Å². The number of benzene rings is 1. The lowest BCUT2D eigenvalue weighted by atomic mass is 9.96. The Morgan fingerprint density at radius 1 is 1.42 bits per heavy atom. The van der Waals surface area contributed by atoms with Crippen molar-refractivity contribution in [2.75, 3.05) is 6.54 Å². The van der Waals surface area contributed by atoms with Gasteiger partial charge in [-0.05, 0) is 31.4 Å². The molecule has 0 fully saturated rings. The lowest BCUT2D eigenvalue weighted by Gasteiger charge is -2.25. The number of nitrogens with one attached hydrogen (secondary N) is 1. The largest absolute Gasteiger partial charge is 0.350 e. The van der Waals surface area contributed by atoms with Gasteiger partial charge in [-0.15, -0.1) is 12.4 Å². The smallest absolute Gasteiger partial charge is 0.221 e. The first-order valence-corrected chi connectivity index (χ1v) is 6.11. The molecule has 5 heteroatoms. The monoisotopic (exact) mass is 288 g/mol. The van der Waals surface area contributed by atoms with Crippen molar-refractivity contribution in [2.45, 2.75) is 38.6 Å². The van der Waals surface area contributed by atoms with Crippen molar-refractivity contribution in [3.05, 3.63) is 35.6 Å². The van der Waals surface area contributed by atoms with Gasteiger partial charge >= 0.3 is 0 Å². The Morgan fingerprint density at radius 2 is 2.00 bits per heavy atom. The van der Waals surface area contributed by atoms with Crippen molar-refractivity contribution < 1.29 is 9.18 Å². The Hall–Kier alpha value is -1.13. The molecule has 0 aliphatic heterocycles. The standard InChI is InChI=1S/C14H21FN2O.ClH/c1-10(11-6-4-5-7-12(11)15)8-13(18)17-14(2,3)9-16;/h4-7,10H,8-9,16H2,1-3H3,(H,17,18);1H. The molecule has 1 amide bonds. The van der Waals surface area contributed by atoms with Gasteiger partial charge in [0.15, 0.2) is 0 Å². The number of hydrogen-bond acceptors (Lipinski definition) is 2. The normalized spacial score (nSPS) is 12.5. The van der Waals surface area contributed by atoms with Crippen molar-refractivity contribution in [1.29, 1.82) is 0 Å². The zero-order valence-electron chi connectivity index (χ0n) is 11.6. The Kier molecular flexibility index (Phi) is 7.01. The van der Waals surface area contributed by atoms with Gasteiger partial charge in [0.05, 0.1) is 0 Å². The lowest BCUT2D eigenvalue weighted by molar-refractivity contribution is -0.122. The van der Waals surface area contributed by atoms with Crippen LogP contribution >= 0.6 is 12.4 Å². The third kappa shape index (κ3) is 5.57. The minimum atomic E-state index is -0.425. The molecule has 108 valence electrons. The van der Waals surface area contributed by atoms with E-state index >= 15 is 0 Å². The van der Waals surface area contributed by atoms with Gasteiger partial charge in [0, 0.05) is 18.5 Å². The van der Waals surface area contributed by atoms with Crippen molar-refractivity contribution in [1.82, 2.24) is 5.32 Å². The maximum atomic E-state index is 13.5. The molecular weight excluding hydrogens is 267 g/mol. The number of halogens is 2. The van der Waals surface area contributed by atoms with Gasteiger partial charge in [-0.25, -0.2) is 4.39 Å². The molecule has 1 aromatic rings. The van der Waals surface area contributed by atoms with Crippen LogP contribution in [0.4, 0.5) is 4.39 Å². The van der Waals surface area contributed by atoms with Gasteiger partial charge in [0.25, 0.3) is 0 Å². The Labute approximate surface area is 120 Å². The summed E-state index contributed by atoms with van der Waals surface area (Å²) in [5.74, 6) is -0.531. The van der Waals surface area contributed by atoms with E-state index in [9.17, 15) is 9.18 Å². The van der Waals surface area contributed by atoms with E-state index < -0.39 is 5.54 Å². The number of rotatable bonds is 5. The molecule has 1 unspecified atom stereocenters. The Balaban J connectivity index is 0.00000324. The summed E-state index contributed by atoms with van der Waals surface area (Å²) >= 11 is 0. The number of amides is 1. The second-order valence-corrected chi connectivity index (χ2v) is 5.26. The average Bonchev–Trinajstić information content (AvgIpc) is 2.28. The molecule has 0 radical (unpaired) electrons. The van der Waals surface area contributed by atoms with E-state index in [-0.39, 0.29) is 36.5 Å². The molecule has 1 rings (SSSR count). The Morgan fingerprint density at radius 3 is 2.53 bits per heavy atom. The highest BCUT2D eigenvalue weighted by molar-refractivity contribution is 5.85. The van der Waals surface area contributed by atoms with Crippen LogP contribution in [-0.4, -0.2) is 18.0 Å². The summed E-state index contributed by atoms with van der Waals surface area (Å²) in [5, 5.41) is 2.84. The van der Waals surface area contributed by atoms with Gasteiger partial charge in [0.2, 0.25) is 5.91 Å². The summed E-state index contributed by atoms with van der Waals surface area (Å²) in [6.45, 7) is 5.93. The first kappa shape index (κ1) is 17.9. The topological polar surface area (TPSA) is 55.1 Å². The summed E-state index contributed by atoms with van der Waals surface area (Å²) in [7, 11) is 0. The zero-order chi connectivity index (χ0) is 13.8. The van der Waals surface area contributed by atoms with Gasteiger partial charge in [0.1, 0.15) is 5.82 Å². The van der Waals surface area contributed by atoms with Crippen LogP contribution in [-0.2, 0) is 4.79 Å². The third-order valence-corrected chi connectivity index (χ3v) is 2.92. The molecule has 0 aromatic heterocycles. The van der Waals surface area contributed by atoms with Crippen LogP contribution in [0, 0.1) is 5.82 Å². The summed E-state index contributed by atoms with van der Waals surface area (Å²) < 4.78 is 13.5. The third-order valence-electron chi connectivity index (χ3n) is 2.92. The first-order chi connectivity index (χ1) is 8.35. The Bertz CT molecular complexity index is 424. The van der Waals surface area contributed by atoms with Crippen LogP contribution in [0.3, 0.4) is 0 Å². The summed E-state index contributed by atoms with van der Waals surface area (Å²) in [6.07, 6.45) is 0.254. The van der Waals surface area contributed by atoms with Crippen molar-refractivity contribution >= 4 is 18.3 Å². The van der Waals surface area contributed by atoms with Crippen LogP contribution < -0.4 is 11.1 Å². The maximum absolute atomic E-state index is 13.5. The van der Waals surface area contributed by atoms with E-state index in [0.717, 1.165) is 0 Å². The van der Waals surface area contributed by atoms with Crippen molar-refractivity contribution in [2.24, 2.45) is 5.73 Å². The molecule has 0 aliphatic rings. The van der Waals surface area contributed by atoms with E-state index in [1.165, 1.54) is 6.07 Å². The molecule has 1 aromatic carbocycles. The minimum Gasteiger partial charge on any atom is -0.350 e. The molecule has 3 N–H and O–H groups in total. The molecule has 0 spiro atoms. The number of carbonyl (C=O) groups is 1. The lowest BCUT2D eigenvalue weighted by Crippen LogP contribution is -2.49. The fourth-order valence-corrected chi connectivity index (χ4v) is 1.74. The number of hydrogen-bond donors (Lipinski definition) is 2. The van der Waals surface area contributed by atoms with Crippen LogP contribution in [0.15, 0.2) is 24.3 Å². The highest BCUT2D eigenvalue weighted by Gasteiger charge is 2.20. The molecule has 0 aliphatic carbocycles. The highest BCUT2D eigenvalue weighted by Crippen LogP contribution is 2.21. The SMILES string of the molecule is CC(CC(=O)NC(C)(C)CN)c1ccccc1F.Cl. The van der Waals surface area contributed by atoms with Crippen molar-refractivity contribution in [3.8, 4) is 0 Å². The molecule has 0 saturated carbocycles. The zero-order valence-corrected chi connectivity index (χ0v) is 12.4. The van der Waals surface area contributed by atoms with E-state index in [0.29, 0.717) is 12.1 Å². The predicted molar refractivity (Wildman–Crippen MR) is 78.0 cm³/mol. The average molecular weight is 289 g/mol. The minimum absolute atomic E-state index is 0. The summed E-state index contributed by atoms with van der Waals surface area (Å²) in [4.78, 5) is 11.8. The van der Waals surface area contributed by atoms with E-state index in [1.54, 1.807) is 18.2 Å². The molecular formula is C14H22ClFN2O. The highest BCUT2D eigenvalue weighted by atomic mass is 35.5.